The summed E-state index contributed by atoms with van der Waals surface area (Å²) in [6, 6.07) is 2.81. The van der Waals surface area contributed by atoms with Gasteiger partial charge in [-0.15, -0.1) is 0 Å². The van der Waals surface area contributed by atoms with Crippen molar-refractivity contribution >= 4 is 23.5 Å². The lowest BCUT2D eigenvalue weighted by atomic mass is 9.89. The molecule has 29 heavy (non-hydrogen) atoms. The van der Waals surface area contributed by atoms with E-state index in [2.05, 4.69) is 21.3 Å². The van der Waals surface area contributed by atoms with E-state index in [1.807, 2.05) is 0 Å². The molecule has 6 N–H and O–H groups in total. The highest BCUT2D eigenvalue weighted by Gasteiger charge is 2.35. The zero-order valence-electron chi connectivity index (χ0n) is 15.5. The van der Waals surface area contributed by atoms with Crippen LogP contribution in [0.15, 0.2) is 35.9 Å². The minimum absolute atomic E-state index is 0.120. The highest BCUT2D eigenvalue weighted by atomic mass is 19.1. The Morgan fingerprint density at radius 1 is 1.21 bits per heavy atom. The van der Waals surface area contributed by atoms with Crippen molar-refractivity contribution in [2.24, 2.45) is 0 Å². The zero-order chi connectivity index (χ0) is 21.0. The maximum Gasteiger partial charge on any atom is 0.319 e. The van der Waals surface area contributed by atoms with Gasteiger partial charge in [0.1, 0.15) is 18.0 Å². The maximum atomic E-state index is 13.2. The molecule has 1 aliphatic heterocycles. The molecule has 0 spiro atoms. The number of nitrogens with one attached hydrogen (secondary N) is 4. The molecular weight excluding hydrogens is 383 g/mol. The van der Waals surface area contributed by atoms with Gasteiger partial charge in [-0.3, -0.25) is 9.59 Å². The Hall–Kier alpha value is -2.98. The third-order valence-corrected chi connectivity index (χ3v) is 4.83. The molecule has 1 aromatic carbocycles. The van der Waals surface area contributed by atoms with Crippen LogP contribution in [0.25, 0.3) is 0 Å². The van der Waals surface area contributed by atoms with E-state index in [1.54, 1.807) is 0 Å². The first kappa shape index (κ1) is 20.7. The van der Waals surface area contributed by atoms with Crippen LogP contribution in [0.5, 0.6) is 0 Å². The monoisotopic (exact) mass is 406 g/mol. The third kappa shape index (κ3) is 5.30. The van der Waals surface area contributed by atoms with Crippen molar-refractivity contribution in [1.82, 2.24) is 16.0 Å². The van der Waals surface area contributed by atoms with E-state index in [-0.39, 0.29) is 23.6 Å². The van der Waals surface area contributed by atoms with Crippen LogP contribution >= 0.6 is 0 Å². The molecule has 10 heteroatoms. The van der Waals surface area contributed by atoms with Crippen LogP contribution in [0.3, 0.4) is 0 Å². The molecule has 9 nitrogen and oxygen atoms in total. The van der Waals surface area contributed by atoms with E-state index in [0.29, 0.717) is 13.0 Å². The molecule has 4 amide bonds. The molecule has 0 saturated carbocycles. The molecule has 1 aliphatic carbocycles. The summed E-state index contributed by atoms with van der Waals surface area (Å²) in [5, 5.41) is 30.4. The van der Waals surface area contributed by atoms with Gasteiger partial charge in [-0.2, -0.15) is 0 Å². The van der Waals surface area contributed by atoms with Crippen molar-refractivity contribution in [3.05, 3.63) is 41.7 Å². The SMILES string of the molecule is O=C(Nc1cccc(F)c1)N[C@@H]1C=C(C(=O)N[C@H]2CCCNC2=O)C[C@@H](O)[C@@H]1O. The second kappa shape index (κ2) is 9.01. The van der Waals surface area contributed by atoms with E-state index in [4.69, 9.17) is 0 Å². The van der Waals surface area contributed by atoms with Gasteiger partial charge in [0.05, 0.1) is 12.1 Å². The summed E-state index contributed by atoms with van der Waals surface area (Å²) >= 11 is 0. The molecule has 0 bridgehead atoms. The van der Waals surface area contributed by atoms with Crippen LogP contribution in [0.1, 0.15) is 19.3 Å². The quantitative estimate of drug-likeness (QED) is 0.410. The molecule has 1 saturated heterocycles. The number of anilines is 1. The number of urea groups is 1. The molecular formula is C19H23FN4O5. The van der Waals surface area contributed by atoms with Gasteiger partial charge < -0.3 is 31.5 Å². The topological polar surface area (TPSA) is 140 Å². The fourth-order valence-electron chi connectivity index (χ4n) is 3.31. The minimum atomic E-state index is -1.33. The first-order valence-corrected chi connectivity index (χ1v) is 9.32. The van der Waals surface area contributed by atoms with Crippen molar-refractivity contribution in [3.8, 4) is 0 Å². The van der Waals surface area contributed by atoms with Gasteiger partial charge in [-0.1, -0.05) is 12.1 Å². The average Bonchev–Trinajstić information content (AvgIpc) is 2.67. The molecule has 0 unspecified atom stereocenters. The summed E-state index contributed by atoms with van der Waals surface area (Å²) < 4.78 is 13.2. The molecule has 1 fully saturated rings. The predicted octanol–water partition coefficient (Wildman–Crippen LogP) is -0.238. The number of hydrogen-bond donors (Lipinski definition) is 6. The van der Waals surface area contributed by atoms with Gasteiger partial charge in [0.2, 0.25) is 11.8 Å². The molecule has 3 rings (SSSR count). The number of amides is 4. The number of aliphatic hydroxyl groups excluding tert-OH is 2. The average molecular weight is 406 g/mol. The van der Waals surface area contributed by atoms with Crippen LogP contribution in [0.2, 0.25) is 0 Å². The Kier molecular flexibility index (Phi) is 6.45. The fraction of sp³-hybridized carbons (Fsp3) is 0.421. The van der Waals surface area contributed by atoms with Crippen LogP contribution in [0, 0.1) is 5.82 Å². The molecule has 2 aliphatic rings. The van der Waals surface area contributed by atoms with E-state index < -0.39 is 42.0 Å². The smallest absolute Gasteiger partial charge is 0.319 e. The first-order chi connectivity index (χ1) is 13.8. The van der Waals surface area contributed by atoms with E-state index in [9.17, 15) is 29.0 Å². The second-order valence-electron chi connectivity index (χ2n) is 7.05. The Labute approximate surface area is 166 Å². The second-order valence-corrected chi connectivity index (χ2v) is 7.05. The van der Waals surface area contributed by atoms with Crippen molar-refractivity contribution in [2.75, 3.05) is 11.9 Å². The molecule has 0 aromatic heterocycles. The Bertz CT molecular complexity index is 831. The number of halogens is 1. The molecule has 156 valence electrons. The van der Waals surface area contributed by atoms with E-state index >= 15 is 0 Å². The molecule has 4 atom stereocenters. The van der Waals surface area contributed by atoms with Crippen molar-refractivity contribution in [2.45, 2.75) is 43.6 Å². The van der Waals surface area contributed by atoms with Gasteiger partial charge in [-0.05, 0) is 31.0 Å². The zero-order valence-corrected chi connectivity index (χ0v) is 15.5. The number of benzene rings is 1. The van der Waals surface area contributed by atoms with E-state index in [0.717, 1.165) is 12.5 Å². The minimum Gasteiger partial charge on any atom is -0.390 e. The number of piperidine rings is 1. The summed E-state index contributed by atoms with van der Waals surface area (Å²) in [6.07, 6.45) is -0.137. The summed E-state index contributed by atoms with van der Waals surface area (Å²) in [4.78, 5) is 36.5. The largest absolute Gasteiger partial charge is 0.390 e. The normalized spacial score (nSPS) is 26.7. The lowest BCUT2D eigenvalue weighted by Crippen LogP contribution is -2.54. The summed E-state index contributed by atoms with van der Waals surface area (Å²) in [7, 11) is 0. The van der Waals surface area contributed by atoms with Gasteiger partial charge in [-0.25, -0.2) is 9.18 Å². The molecule has 1 aromatic rings. The van der Waals surface area contributed by atoms with E-state index in [1.165, 1.54) is 24.3 Å². The van der Waals surface area contributed by atoms with Crippen LogP contribution < -0.4 is 21.3 Å². The van der Waals surface area contributed by atoms with Crippen molar-refractivity contribution in [1.29, 1.82) is 0 Å². The van der Waals surface area contributed by atoms with Crippen LogP contribution in [-0.4, -0.2) is 58.9 Å². The lowest BCUT2D eigenvalue weighted by Gasteiger charge is -2.31. The highest BCUT2D eigenvalue weighted by molar-refractivity contribution is 5.97. The Balaban J connectivity index is 1.65. The van der Waals surface area contributed by atoms with Crippen LogP contribution in [0.4, 0.5) is 14.9 Å². The number of hydrogen-bond acceptors (Lipinski definition) is 5. The fourth-order valence-corrected chi connectivity index (χ4v) is 3.31. The number of carbonyl (C=O) groups is 3. The molecule has 1 heterocycles. The standard InChI is InChI=1S/C19H23FN4O5/c20-11-3-1-4-12(9-11)22-19(29)24-14-7-10(8-15(25)16(14)26)17(27)23-13-5-2-6-21-18(13)28/h1,3-4,7,9,13-16,25-26H,2,5-6,8H2,(H,21,28)(H,23,27)(H2,22,24,29)/t13-,14+,15+,16+/m0/s1. The van der Waals surface area contributed by atoms with Crippen molar-refractivity contribution in [3.63, 3.8) is 0 Å². The van der Waals surface area contributed by atoms with Crippen LogP contribution in [-0.2, 0) is 9.59 Å². The number of aliphatic hydroxyl groups is 2. The van der Waals surface area contributed by atoms with Gasteiger partial charge in [0.15, 0.2) is 0 Å². The Morgan fingerprint density at radius 2 is 2.00 bits per heavy atom. The lowest BCUT2D eigenvalue weighted by molar-refractivity contribution is -0.129. The van der Waals surface area contributed by atoms with Gasteiger partial charge in [0.25, 0.3) is 0 Å². The number of carbonyl (C=O) groups excluding carboxylic acids is 3. The third-order valence-electron chi connectivity index (χ3n) is 4.83. The highest BCUT2D eigenvalue weighted by Crippen LogP contribution is 2.21. The summed E-state index contributed by atoms with van der Waals surface area (Å²) in [5.41, 5.74) is 0.357. The maximum absolute atomic E-state index is 13.2. The number of rotatable bonds is 4. The predicted molar refractivity (Wildman–Crippen MR) is 101 cm³/mol. The van der Waals surface area contributed by atoms with Gasteiger partial charge >= 0.3 is 6.03 Å². The first-order valence-electron chi connectivity index (χ1n) is 9.32. The van der Waals surface area contributed by atoms with Crippen molar-refractivity contribution < 1.29 is 29.0 Å². The molecule has 0 radical (unpaired) electrons. The summed E-state index contributed by atoms with van der Waals surface area (Å²) in [5.74, 6) is -1.34. The summed E-state index contributed by atoms with van der Waals surface area (Å²) in [6.45, 7) is 0.561. The van der Waals surface area contributed by atoms with Gasteiger partial charge in [0, 0.05) is 24.2 Å². The Morgan fingerprint density at radius 3 is 2.72 bits per heavy atom.